The number of nitrogens with zero attached hydrogens (tertiary/aromatic N) is 1. The fourth-order valence-electron chi connectivity index (χ4n) is 1.67. The summed E-state index contributed by atoms with van der Waals surface area (Å²) in [5.74, 6) is -0.316. The van der Waals surface area contributed by atoms with Gasteiger partial charge in [-0.1, -0.05) is 6.07 Å². The maximum Gasteiger partial charge on any atom is 0.263 e. The number of hydrogen-bond donors (Lipinski definition) is 2. The lowest BCUT2D eigenvalue weighted by molar-refractivity contribution is 0.596. The van der Waals surface area contributed by atoms with Crippen molar-refractivity contribution in [1.29, 1.82) is 0 Å². The minimum absolute atomic E-state index is 0.0531. The zero-order chi connectivity index (χ0) is 14.8. The van der Waals surface area contributed by atoms with Crippen LogP contribution in [0.5, 0.6) is 0 Å². The number of aromatic nitrogens is 1. The highest BCUT2D eigenvalue weighted by Gasteiger charge is 2.16. The van der Waals surface area contributed by atoms with E-state index < -0.39 is 15.8 Å². The molecule has 1 aromatic carbocycles. The molecule has 0 spiro atoms. The normalized spacial score (nSPS) is 11.3. The van der Waals surface area contributed by atoms with Crippen LogP contribution in [0.3, 0.4) is 0 Å². The highest BCUT2D eigenvalue weighted by Crippen LogP contribution is 2.18. The standard InChI is InChI=1S/C13H14FN3O2S/c1-9-3-2-4-13(16-9)17-20(18,19)11-5-6-12(14)10(7-11)8-15/h2-7H,8,15H2,1H3,(H,16,17). The molecule has 1 heterocycles. The molecule has 7 heteroatoms. The van der Waals surface area contributed by atoms with Crippen LogP contribution in [0.4, 0.5) is 10.2 Å². The summed E-state index contributed by atoms with van der Waals surface area (Å²) in [5.41, 5.74) is 6.20. The van der Waals surface area contributed by atoms with Crippen LogP contribution in [0.1, 0.15) is 11.3 Å². The van der Waals surface area contributed by atoms with Crippen LogP contribution in [0, 0.1) is 12.7 Å². The van der Waals surface area contributed by atoms with Crippen molar-refractivity contribution in [2.75, 3.05) is 4.72 Å². The highest BCUT2D eigenvalue weighted by atomic mass is 32.2. The molecule has 0 fully saturated rings. The van der Waals surface area contributed by atoms with Gasteiger partial charge < -0.3 is 5.73 Å². The number of aryl methyl sites for hydroxylation is 1. The van der Waals surface area contributed by atoms with Crippen LogP contribution in [0.2, 0.25) is 0 Å². The van der Waals surface area contributed by atoms with Crippen LogP contribution in [0.15, 0.2) is 41.3 Å². The SMILES string of the molecule is Cc1cccc(NS(=O)(=O)c2ccc(F)c(CN)c2)n1. The van der Waals surface area contributed by atoms with E-state index in [9.17, 15) is 12.8 Å². The van der Waals surface area contributed by atoms with E-state index in [1.54, 1.807) is 19.1 Å². The third-order valence-corrected chi connectivity index (χ3v) is 4.03. The first-order valence-electron chi connectivity index (χ1n) is 5.87. The number of sulfonamides is 1. The lowest BCUT2D eigenvalue weighted by Crippen LogP contribution is -2.15. The fourth-order valence-corrected chi connectivity index (χ4v) is 2.72. The predicted octanol–water partition coefficient (Wildman–Crippen LogP) is 1.79. The Labute approximate surface area is 116 Å². The molecule has 0 aliphatic rings. The molecule has 1 aromatic heterocycles. The van der Waals surface area contributed by atoms with E-state index in [0.717, 1.165) is 6.07 Å². The van der Waals surface area contributed by atoms with Crippen molar-refractivity contribution >= 4 is 15.8 Å². The topological polar surface area (TPSA) is 85.1 Å². The number of rotatable bonds is 4. The van der Waals surface area contributed by atoms with Crippen molar-refractivity contribution in [3.8, 4) is 0 Å². The van der Waals surface area contributed by atoms with E-state index in [1.807, 2.05) is 0 Å². The van der Waals surface area contributed by atoms with Gasteiger partial charge in [0.15, 0.2) is 0 Å². The number of halogens is 1. The molecule has 106 valence electrons. The Bertz CT molecular complexity index is 732. The van der Waals surface area contributed by atoms with Gasteiger partial charge in [-0.3, -0.25) is 4.72 Å². The number of nitrogens with one attached hydrogen (secondary N) is 1. The number of benzene rings is 1. The fraction of sp³-hybridized carbons (Fsp3) is 0.154. The molecule has 0 unspecified atom stereocenters. The van der Waals surface area contributed by atoms with Gasteiger partial charge in [0.1, 0.15) is 11.6 Å². The summed E-state index contributed by atoms with van der Waals surface area (Å²) < 4.78 is 40.0. The summed E-state index contributed by atoms with van der Waals surface area (Å²) in [4.78, 5) is 4.00. The summed E-state index contributed by atoms with van der Waals surface area (Å²) in [6.07, 6.45) is 0. The van der Waals surface area contributed by atoms with Crippen molar-refractivity contribution in [2.45, 2.75) is 18.4 Å². The average Bonchev–Trinajstić information content (AvgIpc) is 2.38. The van der Waals surface area contributed by atoms with Crippen molar-refractivity contribution in [3.63, 3.8) is 0 Å². The lowest BCUT2D eigenvalue weighted by atomic mass is 10.2. The Morgan fingerprint density at radius 1 is 1.30 bits per heavy atom. The zero-order valence-corrected chi connectivity index (χ0v) is 11.6. The van der Waals surface area contributed by atoms with Crippen LogP contribution in [-0.4, -0.2) is 13.4 Å². The van der Waals surface area contributed by atoms with Gasteiger partial charge in [0, 0.05) is 17.8 Å². The third-order valence-electron chi connectivity index (χ3n) is 2.67. The molecule has 3 N–H and O–H groups in total. The van der Waals surface area contributed by atoms with E-state index in [0.29, 0.717) is 5.69 Å². The Hall–Kier alpha value is -1.99. The second kappa shape index (κ2) is 5.56. The summed E-state index contributed by atoms with van der Waals surface area (Å²) in [7, 11) is -3.81. The second-order valence-electron chi connectivity index (χ2n) is 4.23. The largest absolute Gasteiger partial charge is 0.326 e. The zero-order valence-electron chi connectivity index (χ0n) is 10.8. The van der Waals surface area contributed by atoms with Gasteiger partial charge in [-0.05, 0) is 37.3 Å². The Morgan fingerprint density at radius 2 is 2.05 bits per heavy atom. The summed E-state index contributed by atoms with van der Waals surface area (Å²) in [5, 5.41) is 0. The Kier molecular flexibility index (Phi) is 4.01. The minimum Gasteiger partial charge on any atom is -0.326 e. The van der Waals surface area contributed by atoms with Crippen LogP contribution < -0.4 is 10.5 Å². The van der Waals surface area contributed by atoms with Gasteiger partial charge in [-0.2, -0.15) is 0 Å². The average molecular weight is 295 g/mol. The molecule has 2 aromatic rings. The van der Waals surface area contributed by atoms with Crippen LogP contribution in [0.25, 0.3) is 0 Å². The van der Waals surface area contributed by atoms with Crippen molar-refractivity contribution in [3.05, 3.63) is 53.5 Å². The molecule has 0 aliphatic carbocycles. The van der Waals surface area contributed by atoms with E-state index in [4.69, 9.17) is 5.73 Å². The number of hydrogen-bond acceptors (Lipinski definition) is 4. The van der Waals surface area contributed by atoms with Gasteiger partial charge in [0.2, 0.25) is 0 Å². The van der Waals surface area contributed by atoms with Gasteiger partial charge >= 0.3 is 0 Å². The molecule has 5 nitrogen and oxygen atoms in total. The predicted molar refractivity (Wildman–Crippen MR) is 74.1 cm³/mol. The molecule has 0 aliphatic heterocycles. The highest BCUT2D eigenvalue weighted by molar-refractivity contribution is 7.92. The molecular weight excluding hydrogens is 281 g/mol. The third kappa shape index (κ3) is 3.12. The molecule has 0 bridgehead atoms. The summed E-state index contributed by atoms with van der Waals surface area (Å²) in [6, 6.07) is 8.47. The quantitative estimate of drug-likeness (QED) is 0.900. The molecule has 20 heavy (non-hydrogen) atoms. The smallest absolute Gasteiger partial charge is 0.263 e. The van der Waals surface area contributed by atoms with E-state index in [-0.39, 0.29) is 22.8 Å². The second-order valence-corrected chi connectivity index (χ2v) is 5.91. The monoisotopic (exact) mass is 295 g/mol. The Morgan fingerprint density at radius 3 is 2.70 bits per heavy atom. The van der Waals surface area contributed by atoms with E-state index in [1.165, 1.54) is 18.2 Å². The first-order valence-corrected chi connectivity index (χ1v) is 7.35. The van der Waals surface area contributed by atoms with Gasteiger partial charge in [0.05, 0.1) is 4.90 Å². The lowest BCUT2D eigenvalue weighted by Gasteiger charge is -2.09. The number of nitrogens with two attached hydrogens (primary N) is 1. The molecule has 0 atom stereocenters. The van der Waals surface area contributed by atoms with Crippen LogP contribution >= 0.6 is 0 Å². The van der Waals surface area contributed by atoms with Gasteiger partial charge in [-0.25, -0.2) is 17.8 Å². The van der Waals surface area contributed by atoms with Crippen molar-refractivity contribution < 1.29 is 12.8 Å². The molecule has 0 radical (unpaired) electrons. The maximum absolute atomic E-state index is 13.3. The van der Waals surface area contributed by atoms with Crippen molar-refractivity contribution in [1.82, 2.24) is 4.98 Å². The van der Waals surface area contributed by atoms with Crippen molar-refractivity contribution in [2.24, 2.45) is 5.73 Å². The minimum atomic E-state index is -3.81. The molecule has 0 saturated carbocycles. The first-order chi connectivity index (χ1) is 9.42. The summed E-state index contributed by atoms with van der Waals surface area (Å²) >= 11 is 0. The van der Waals surface area contributed by atoms with Gasteiger partial charge in [-0.15, -0.1) is 0 Å². The molecule has 0 saturated heterocycles. The maximum atomic E-state index is 13.3. The van der Waals surface area contributed by atoms with Crippen LogP contribution in [-0.2, 0) is 16.6 Å². The number of pyridine rings is 1. The molecule has 0 amide bonds. The summed E-state index contributed by atoms with van der Waals surface area (Å²) in [6.45, 7) is 1.68. The number of anilines is 1. The first kappa shape index (κ1) is 14.4. The molecular formula is C13H14FN3O2S. The van der Waals surface area contributed by atoms with Gasteiger partial charge in [0.25, 0.3) is 10.0 Å². The molecule has 2 rings (SSSR count). The Balaban J connectivity index is 2.35. The van der Waals surface area contributed by atoms with E-state index in [2.05, 4.69) is 9.71 Å². The van der Waals surface area contributed by atoms with E-state index >= 15 is 0 Å².